The number of nitrogens with one attached hydrogen (secondary N) is 1. The van der Waals surface area contributed by atoms with E-state index in [-0.39, 0.29) is 5.91 Å². The van der Waals surface area contributed by atoms with Gasteiger partial charge in [0.15, 0.2) is 0 Å². The van der Waals surface area contributed by atoms with E-state index in [4.69, 9.17) is 11.6 Å². The zero-order chi connectivity index (χ0) is 16.2. The second-order valence-corrected chi connectivity index (χ2v) is 6.54. The van der Waals surface area contributed by atoms with Crippen molar-refractivity contribution in [3.05, 3.63) is 75.8 Å². The van der Waals surface area contributed by atoms with Gasteiger partial charge in [0, 0.05) is 17.1 Å². The van der Waals surface area contributed by atoms with Gasteiger partial charge in [-0.15, -0.1) is 11.3 Å². The van der Waals surface area contributed by atoms with Gasteiger partial charge in [0.2, 0.25) is 0 Å². The Hall–Kier alpha value is -2.17. The molecule has 0 saturated carbocycles. The molecule has 0 aliphatic carbocycles. The van der Waals surface area contributed by atoms with E-state index in [9.17, 15) is 4.79 Å². The number of halogens is 1. The van der Waals surface area contributed by atoms with Crippen LogP contribution in [0.1, 0.15) is 20.9 Å². The van der Waals surface area contributed by atoms with Gasteiger partial charge in [-0.1, -0.05) is 54.1 Å². The summed E-state index contributed by atoms with van der Waals surface area (Å²) in [4.78, 5) is 17.5. The number of thiazole rings is 1. The fourth-order valence-corrected chi connectivity index (χ4v) is 3.29. The molecular weight excluding hydrogens is 328 g/mol. The molecule has 3 rings (SSSR count). The van der Waals surface area contributed by atoms with Gasteiger partial charge in [0.1, 0.15) is 9.88 Å². The molecule has 116 valence electrons. The van der Waals surface area contributed by atoms with Gasteiger partial charge in [0.25, 0.3) is 5.91 Å². The van der Waals surface area contributed by atoms with Crippen LogP contribution < -0.4 is 5.32 Å². The van der Waals surface area contributed by atoms with Crippen molar-refractivity contribution in [2.45, 2.75) is 13.5 Å². The molecule has 1 heterocycles. The maximum absolute atomic E-state index is 12.4. The number of aromatic nitrogens is 1. The Kier molecular flexibility index (Phi) is 4.74. The molecule has 1 aromatic heterocycles. The van der Waals surface area contributed by atoms with Gasteiger partial charge in [-0.2, -0.15) is 0 Å². The highest BCUT2D eigenvalue weighted by molar-refractivity contribution is 7.17. The highest BCUT2D eigenvalue weighted by atomic mass is 35.5. The number of carbonyl (C=O) groups excluding carboxylic acids is 1. The number of rotatable bonds is 4. The summed E-state index contributed by atoms with van der Waals surface area (Å²) in [5.74, 6) is -0.0999. The molecule has 23 heavy (non-hydrogen) atoms. The molecule has 0 aliphatic rings. The third-order valence-corrected chi connectivity index (χ3v) is 4.85. The van der Waals surface area contributed by atoms with E-state index in [1.807, 2.05) is 61.5 Å². The predicted octanol–water partition coefficient (Wildman–Crippen LogP) is 4.70. The van der Waals surface area contributed by atoms with E-state index in [2.05, 4.69) is 10.3 Å². The molecule has 0 fully saturated rings. The third kappa shape index (κ3) is 3.78. The van der Waals surface area contributed by atoms with Crippen molar-refractivity contribution in [1.82, 2.24) is 10.3 Å². The number of amides is 1. The first-order valence-electron chi connectivity index (χ1n) is 7.19. The minimum atomic E-state index is -0.0999. The van der Waals surface area contributed by atoms with Crippen molar-refractivity contribution in [3.8, 4) is 10.6 Å². The van der Waals surface area contributed by atoms with E-state index >= 15 is 0 Å². The quantitative estimate of drug-likeness (QED) is 0.746. The fraction of sp³-hybridized carbons (Fsp3) is 0.111. The molecule has 2 aromatic carbocycles. The smallest absolute Gasteiger partial charge is 0.263 e. The summed E-state index contributed by atoms with van der Waals surface area (Å²) in [6.45, 7) is 2.33. The van der Waals surface area contributed by atoms with Gasteiger partial charge in [-0.25, -0.2) is 4.98 Å². The molecule has 5 heteroatoms. The third-order valence-electron chi connectivity index (χ3n) is 3.39. The average molecular weight is 343 g/mol. The summed E-state index contributed by atoms with van der Waals surface area (Å²) in [7, 11) is 0. The summed E-state index contributed by atoms with van der Waals surface area (Å²) < 4.78 is 0. The zero-order valence-corrected chi connectivity index (χ0v) is 14.1. The first kappa shape index (κ1) is 15.7. The van der Waals surface area contributed by atoms with Crippen LogP contribution in [0, 0.1) is 6.92 Å². The van der Waals surface area contributed by atoms with Gasteiger partial charge >= 0.3 is 0 Å². The van der Waals surface area contributed by atoms with Gasteiger partial charge in [-0.05, 0) is 24.6 Å². The minimum absolute atomic E-state index is 0.0999. The highest BCUT2D eigenvalue weighted by Gasteiger charge is 2.15. The maximum Gasteiger partial charge on any atom is 0.263 e. The molecule has 1 amide bonds. The van der Waals surface area contributed by atoms with Crippen LogP contribution in [0.5, 0.6) is 0 Å². The van der Waals surface area contributed by atoms with Crippen LogP contribution in [0.25, 0.3) is 10.6 Å². The monoisotopic (exact) mass is 342 g/mol. The molecule has 0 atom stereocenters. The molecule has 3 nitrogen and oxygen atoms in total. The lowest BCUT2D eigenvalue weighted by molar-refractivity contribution is 0.0954. The molecule has 0 spiro atoms. The molecule has 0 aliphatic heterocycles. The lowest BCUT2D eigenvalue weighted by Gasteiger charge is -2.04. The number of nitrogens with zero attached hydrogens (tertiary/aromatic N) is 1. The molecule has 3 aromatic rings. The van der Waals surface area contributed by atoms with E-state index in [1.165, 1.54) is 11.3 Å². The van der Waals surface area contributed by atoms with Gasteiger partial charge < -0.3 is 5.32 Å². The van der Waals surface area contributed by atoms with Crippen molar-refractivity contribution in [3.63, 3.8) is 0 Å². The number of aryl methyl sites for hydroxylation is 1. The van der Waals surface area contributed by atoms with Crippen molar-refractivity contribution >= 4 is 28.8 Å². The van der Waals surface area contributed by atoms with Crippen molar-refractivity contribution in [2.24, 2.45) is 0 Å². The van der Waals surface area contributed by atoms with Crippen molar-refractivity contribution in [2.75, 3.05) is 0 Å². The van der Waals surface area contributed by atoms with E-state index in [0.29, 0.717) is 16.4 Å². The van der Waals surface area contributed by atoms with Crippen LogP contribution in [0.15, 0.2) is 54.6 Å². The predicted molar refractivity (Wildman–Crippen MR) is 94.9 cm³/mol. The highest BCUT2D eigenvalue weighted by Crippen LogP contribution is 2.27. The molecule has 1 N–H and O–H groups in total. The largest absolute Gasteiger partial charge is 0.347 e. The van der Waals surface area contributed by atoms with Gasteiger partial charge in [0.05, 0.1) is 5.69 Å². The second-order valence-electron chi connectivity index (χ2n) is 5.11. The molecule has 0 radical (unpaired) electrons. The Balaban J connectivity index is 1.72. The van der Waals surface area contributed by atoms with E-state index in [0.717, 1.165) is 21.8 Å². The number of benzene rings is 2. The number of hydrogen-bond acceptors (Lipinski definition) is 3. The Bertz CT molecular complexity index is 813. The minimum Gasteiger partial charge on any atom is -0.347 e. The van der Waals surface area contributed by atoms with Gasteiger partial charge in [-0.3, -0.25) is 4.79 Å². The summed E-state index contributed by atoms with van der Waals surface area (Å²) in [5, 5.41) is 4.48. The Morgan fingerprint density at radius 2 is 1.83 bits per heavy atom. The summed E-state index contributed by atoms with van der Waals surface area (Å²) in [6, 6.07) is 17.3. The van der Waals surface area contributed by atoms with E-state index in [1.54, 1.807) is 0 Å². The van der Waals surface area contributed by atoms with Crippen LogP contribution in [0.4, 0.5) is 0 Å². The van der Waals surface area contributed by atoms with E-state index < -0.39 is 0 Å². The van der Waals surface area contributed by atoms with Crippen molar-refractivity contribution in [1.29, 1.82) is 0 Å². The lowest BCUT2D eigenvalue weighted by atomic mass is 10.2. The van der Waals surface area contributed by atoms with Crippen LogP contribution in [-0.2, 0) is 6.54 Å². The summed E-state index contributed by atoms with van der Waals surface area (Å²) >= 11 is 7.27. The Morgan fingerprint density at radius 3 is 2.52 bits per heavy atom. The summed E-state index contributed by atoms with van der Waals surface area (Å²) in [5.41, 5.74) is 2.79. The van der Waals surface area contributed by atoms with Crippen LogP contribution in [-0.4, -0.2) is 10.9 Å². The molecule has 0 unspecified atom stereocenters. The fourth-order valence-electron chi connectivity index (χ4n) is 2.18. The Morgan fingerprint density at radius 1 is 1.13 bits per heavy atom. The van der Waals surface area contributed by atoms with Crippen LogP contribution in [0.2, 0.25) is 5.02 Å². The lowest BCUT2D eigenvalue weighted by Crippen LogP contribution is -2.22. The molecule has 0 bridgehead atoms. The van der Waals surface area contributed by atoms with Crippen LogP contribution >= 0.6 is 22.9 Å². The number of hydrogen-bond donors (Lipinski definition) is 1. The van der Waals surface area contributed by atoms with Crippen LogP contribution in [0.3, 0.4) is 0 Å². The summed E-state index contributed by atoms with van der Waals surface area (Å²) in [6.07, 6.45) is 0. The number of carbonyl (C=O) groups is 1. The molecular formula is C18H15ClN2OS. The topological polar surface area (TPSA) is 42.0 Å². The van der Waals surface area contributed by atoms with Crippen molar-refractivity contribution < 1.29 is 4.79 Å². The second kappa shape index (κ2) is 6.94. The first-order chi connectivity index (χ1) is 11.1. The standard InChI is InChI=1S/C18H15ClN2OS/c1-12-16(23-18(21-12)14-5-3-2-4-6-14)17(22)20-11-13-7-9-15(19)10-8-13/h2-10H,11H2,1H3,(H,20,22). The molecule has 0 saturated heterocycles. The SMILES string of the molecule is Cc1nc(-c2ccccc2)sc1C(=O)NCc1ccc(Cl)cc1. The first-order valence-corrected chi connectivity index (χ1v) is 8.38. The normalized spacial score (nSPS) is 10.5. The average Bonchev–Trinajstić information content (AvgIpc) is 2.97. The zero-order valence-electron chi connectivity index (χ0n) is 12.5. The Labute approximate surface area is 144 Å². The maximum atomic E-state index is 12.4.